The van der Waals surface area contributed by atoms with E-state index >= 15 is 0 Å². The smallest absolute Gasteiger partial charge is 0.0627 e. The zero-order valence-electron chi connectivity index (χ0n) is 6.17. The minimum absolute atomic E-state index is 0. The molecule has 1 heterocycles. The maximum atomic E-state index is 5.31. The minimum atomic E-state index is 0. The van der Waals surface area contributed by atoms with Crippen LogP contribution in [-0.4, -0.2) is 25.8 Å². The molecule has 60 valence electrons. The van der Waals surface area contributed by atoms with Gasteiger partial charge in [0.05, 0.1) is 6.10 Å². The Kier molecular flexibility index (Phi) is 2.55. The van der Waals surface area contributed by atoms with E-state index in [1.165, 1.54) is 19.4 Å². The van der Waals surface area contributed by atoms with Crippen LogP contribution in [0.3, 0.4) is 0 Å². The fourth-order valence-corrected chi connectivity index (χ4v) is 2.07. The maximum Gasteiger partial charge on any atom is 0.0627 e. The van der Waals surface area contributed by atoms with E-state index in [4.69, 9.17) is 4.74 Å². The minimum Gasteiger partial charge on any atom is -0.381 e. The first kappa shape index (κ1) is 8.31. The monoisotopic (exact) mass is 163 g/mol. The molecule has 2 bridgehead atoms. The van der Waals surface area contributed by atoms with Crippen LogP contribution in [0.25, 0.3) is 0 Å². The first-order valence-electron chi connectivity index (χ1n) is 3.66. The van der Waals surface area contributed by atoms with Crippen molar-refractivity contribution in [2.75, 3.05) is 13.7 Å². The summed E-state index contributed by atoms with van der Waals surface area (Å²) in [5.74, 6) is 0.819. The quantitative estimate of drug-likeness (QED) is 0.618. The van der Waals surface area contributed by atoms with Gasteiger partial charge in [-0.15, -0.1) is 12.4 Å². The molecule has 0 aromatic rings. The molecule has 2 aliphatic rings. The largest absolute Gasteiger partial charge is 0.381 e. The standard InChI is InChI=1S/C7H13NO.ClH/c1-9-7-3-6-2-5(7)4-8-6;/h5-8H,2-4H2,1H3;1H/t5-,6-,7+;/m0./s1. The maximum absolute atomic E-state index is 5.31. The van der Waals surface area contributed by atoms with Gasteiger partial charge in [-0.3, -0.25) is 0 Å². The molecule has 3 heteroatoms. The molecule has 0 unspecified atom stereocenters. The molecule has 1 saturated heterocycles. The summed E-state index contributed by atoms with van der Waals surface area (Å²) >= 11 is 0. The Morgan fingerprint density at radius 2 is 2.20 bits per heavy atom. The van der Waals surface area contributed by atoms with Crippen LogP contribution in [0, 0.1) is 5.92 Å². The summed E-state index contributed by atoms with van der Waals surface area (Å²) < 4.78 is 5.31. The summed E-state index contributed by atoms with van der Waals surface area (Å²) in [6, 6.07) is 0.778. The van der Waals surface area contributed by atoms with Crippen LogP contribution in [0.5, 0.6) is 0 Å². The van der Waals surface area contributed by atoms with Crippen molar-refractivity contribution in [2.45, 2.75) is 25.0 Å². The Hall–Kier alpha value is 0.210. The fraction of sp³-hybridized carbons (Fsp3) is 1.00. The average molecular weight is 164 g/mol. The van der Waals surface area contributed by atoms with Gasteiger partial charge in [-0.2, -0.15) is 0 Å². The summed E-state index contributed by atoms with van der Waals surface area (Å²) in [6.45, 7) is 1.18. The number of hydrogen-bond donors (Lipinski definition) is 1. The van der Waals surface area contributed by atoms with Crippen LogP contribution >= 0.6 is 12.4 Å². The highest BCUT2D eigenvalue weighted by molar-refractivity contribution is 5.85. The van der Waals surface area contributed by atoms with E-state index in [1.54, 1.807) is 0 Å². The summed E-state index contributed by atoms with van der Waals surface area (Å²) in [6.07, 6.45) is 3.15. The van der Waals surface area contributed by atoms with E-state index in [1.807, 2.05) is 7.11 Å². The van der Waals surface area contributed by atoms with Crippen molar-refractivity contribution >= 4 is 12.4 Å². The zero-order chi connectivity index (χ0) is 6.27. The number of piperidine rings is 1. The highest BCUT2D eigenvalue weighted by Gasteiger charge is 2.39. The summed E-state index contributed by atoms with van der Waals surface area (Å²) in [5.41, 5.74) is 0. The normalized spacial score (nSPS) is 43.5. The molecule has 0 spiro atoms. The van der Waals surface area contributed by atoms with Gasteiger partial charge in [0.15, 0.2) is 0 Å². The van der Waals surface area contributed by atoms with Crippen molar-refractivity contribution in [1.29, 1.82) is 0 Å². The first-order chi connectivity index (χ1) is 4.40. The van der Waals surface area contributed by atoms with Crippen molar-refractivity contribution < 1.29 is 4.74 Å². The third-order valence-corrected chi connectivity index (χ3v) is 2.60. The summed E-state index contributed by atoms with van der Waals surface area (Å²) in [5, 5.41) is 3.44. The van der Waals surface area contributed by atoms with E-state index in [9.17, 15) is 0 Å². The fourth-order valence-electron chi connectivity index (χ4n) is 2.07. The van der Waals surface area contributed by atoms with Gasteiger partial charge >= 0.3 is 0 Å². The Morgan fingerprint density at radius 1 is 1.40 bits per heavy atom. The lowest BCUT2D eigenvalue weighted by Gasteiger charge is -2.20. The third-order valence-electron chi connectivity index (χ3n) is 2.60. The van der Waals surface area contributed by atoms with Crippen molar-refractivity contribution in [1.82, 2.24) is 5.32 Å². The molecule has 0 aromatic carbocycles. The summed E-state index contributed by atoms with van der Waals surface area (Å²) in [4.78, 5) is 0. The van der Waals surface area contributed by atoms with Gasteiger partial charge < -0.3 is 10.1 Å². The zero-order valence-corrected chi connectivity index (χ0v) is 6.99. The van der Waals surface area contributed by atoms with Crippen molar-refractivity contribution in [3.63, 3.8) is 0 Å². The molecule has 0 aromatic heterocycles. The highest BCUT2D eigenvalue weighted by Crippen LogP contribution is 2.32. The molecule has 1 aliphatic carbocycles. The molecule has 3 atom stereocenters. The molecule has 2 nitrogen and oxygen atoms in total. The number of methoxy groups -OCH3 is 1. The van der Waals surface area contributed by atoms with Crippen molar-refractivity contribution in [3.8, 4) is 0 Å². The Labute approximate surface area is 67.7 Å². The van der Waals surface area contributed by atoms with Gasteiger partial charge in [0.25, 0.3) is 0 Å². The topological polar surface area (TPSA) is 21.3 Å². The predicted molar refractivity (Wildman–Crippen MR) is 42.6 cm³/mol. The molecule has 1 aliphatic heterocycles. The van der Waals surface area contributed by atoms with E-state index in [0.29, 0.717) is 6.10 Å². The highest BCUT2D eigenvalue weighted by atomic mass is 35.5. The lowest BCUT2D eigenvalue weighted by Crippen LogP contribution is -2.33. The van der Waals surface area contributed by atoms with Crippen LogP contribution < -0.4 is 5.32 Å². The molecule has 0 radical (unpaired) electrons. The Balaban J connectivity index is 0.000000500. The van der Waals surface area contributed by atoms with Gasteiger partial charge in [0.1, 0.15) is 0 Å². The van der Waals surface area contributed by atoms with Crippen LogP contribution in [0.1, 0.15) is 12.8 Å². The van der Waals surface area contributed by atoms with E-state index in [-0.39, 0.29) is 12.4 Å². The van der Waals surface area contributed by atoms with E-state index in [0.717, 1.165) is 12.0 Å². The molecule has 2 rings (SSSR count). The molecule has 0 amide bonds. The van der Waals surface area contributed by atoms with E-state index in [2.05, 4.69) is 5.32 Å². The Morgan fingerprint density at radius 3 is 2.50 bits per heavy atom. The second-order valence-corrected chi connectivity index (χ2v) is 3.11. The molecule has 1 N–H and O–H groups in total. The van der Waals surface area contributed by atoms with Crippen LogP contribution in [0.4, 0.5) is 0 Å². The second-order valence-electron chi connectivity index (χ2n) is 3.11. The number of hydrogen-bond acceptors (Lipinski definition) is 2. The lowest BCUT2D eigenvalue weighted by atomic mass is 10.1. The SMILES string of the molecule is CO[C@@H]1C[C@@H]2C[C@H]1CN2.Cl. The number of rotatable bonds is 1. The number of halogens is 1. The number of fused-ring (bicyclic) bond motifs is 2. The number of nitrogens with one attached hydrogen (secondary N) is 1. The van der Waals surface area contributed by atoms with Gasteiger partial charge in [-0.25, -0.2) is 0 Å². The first-order valence-corrected chi connectivity index (χ1v) is 3.66. The van der Waals surface area contributed by atoms with Crippen molar-refractivity contribution in [2.24, 2.45) is 5.92 Å². The second kappa shape index (κ2) is 3.07. The average Bonchev–Trinajstić information content (AvgIpc) is 2.45. The Bertz CT molecular complexity index is 120. The van der Waals surface area contributed by atoms with Gasteiger partial charge in [-0.1, -0.05) is 0 Å². The van der Waals surface area contributed by atoms with E-state index < -0.39 is 0 Å². The molecule has 2 fully saturated rings. The molecule has 10 heavy (non-hydrogen) atoms. The third kappa shape index (κ3) is 1.16. The van der Waals surface area contributed by atoms with Gasteiger partial charge in [0, 0.05) is 19.7 Å². The number of ether oxygens (including phenoxy) is 1. The molecular formula is C7H14ClNO. The van der Waals surface area contributed by atoms with Crippen LogP contribution in [0.2, 0.25) is 0 Å². The van der Waals surface area contributed by atoms with Gasteiger partial charge in [0.2, 0.25) is 0 Å². The lowest BCUT2D eigenvalue weighted by molar-refractivity contribution is 0.0627. The molecular weight excluding hydrogens is 150 g/mol. The predicted octanol–water partition coefficient (Wildman–Crippen LogP) is 0.805. The van der Waals surface area contributed by atoms with Crippen molar-refractivity contribution in [3.05, 3.63) is 0 Å². The summed E-state index contributed by atoms with van der Waals surface area (Å²) in [7, 11) is 1.82. The van der Waals surface area contributed by atoms with Crippen LogP contribution in [0.15, 0.2) is 0 Å². The van der Waals surface area contributed by atoms with Crippen LogP contribution in [-0.2, 0) is 4.74 Å². The molecule has 1 saturated carbocycles. The van der Waals surface area contributed by atoms with Gasteiger partial charge in [-0.05, 0) is 18.8 Å².